The van der Waals surface area contributed by atoms with Gasteiger partial charge in [-0.1, -0.05) is 25.3 Å². The van der Waals surface area contributed by atoms with Gasteiger partial charge < -0.3 is 9.64 Å². The van der Waals surface area contributed by atoms with Crippen LogP contribution in [-0.4, -0.2) is 61.9 Å². The van der Waals surface area contributed by atoms with Gasteiger partial charge in [0.2, 0.25) is 10.0 Å². The lowest BCUT2D eigenvalue weighted by Gasteiger charge is -2.34. The van der Waals surface area contributed by atoms with Gasteiger partial charge in [-0.15, -0.1) is 0 Å². The minimum Gasteiger partial charge on any atom is -0.373 e. The van der Waals surface area contributed by atoms with Crippen molar-refractivity contribution in [2.45, 2.75) is 63.1 Å². The van der Waals surface area contributed by atoms with E-state index in [1.165, 1.54) is 16.8 Å². The van der Waals surface area contributed by atoms with E-state index in [1.807, 2.05) is 18.7 Å². The fraction of sp³-hybridized carbons (Fsp3) is 0.650. The molecular weight excluding hydrogens is 364 g/mol. The number of benzene rings is 1. The zero-order valence-electron chi connectivity index (χ0n) is 16.3. The van der Waals surface area contributed by atoms with Gasteiger partial charge in [0.05, 0.1) is 17.1 Å². The molecule has 2 saturated heterocycles. The van der Waals surface area contributed by atoms with E-state index in [9.17, 15) is 13.2 Å². The molecule has 27 heavy (non-hydrogen) atoms. The van der Waals surface area contributed by atoms with Crippen LogP contribution < -0.4 is 0 Å². The monoisotopic (exact) mass is 394 g/mol. The van der Waals surface area contributed by atoms with Crippen molar-refractivity contribution in [3.8, 4) is 0 Å². The number of rotatable bonds is 3. The van der Waals surface area contributed by atoms with Crippen LogP contribution in [0.15, 0.2) is 29.2 Å². The summed E-state index contributed by atoms with van der Waals surface area (Å²) in [6.45, 7) is 5.90. The first-order valence-electron chi connectivity index (χ1n) is 9.93. The van der Waals surface area contributed by atoms with Gasteiger partial charge in [-0.05, 0) is 44.9 Å². The summed E-state index contributed by atoms with van der Waals surface area (Å²) in [5, 5.41) is 0. The lowest BCUT2D eigenvalue weighted by molar-refractivity contribution is -0.0440. The molecule has 1 aromatic rings. The Morgan fingerprint density at radius 3 is 2.22 bits per heavy atom. The molecule has 0 aliphatic carbocycles. The lowest BCUT2D eigenvalue weighted by atomic mass is 10.1. The topological polar surface area (TPSA) is 66.9 Å². The van der Waals surface area contributed by atoms with E-state index in [0.717, 1.165) is 38.8 Å². The third-order valence-corrected chi connectivity index (χ3v) is 7.08. The van der Waals surface area contributed by atoms with Gasteiger partial charge in [0.25, 0.3) is 5.91 Å². The maximum atomic E-state index is 13.1. The molecule has 2 heterocycles. The second-order valence-electron chi connectivity index (χ2n) is 7.67. The third-order valence-electron chi connectivity index (χ3n) is 5.25. The first-order valence-corrected chi connectivity index (χ1v) is 11.4. The van der Waals surface area contributed by atoms with E-state index in [0.29, 0.717) is 18.7 Å². The Morgan fingerprint density at radius 1 is 1.00 bits per heavy atom. The molecule has 0 bridgehead atoms. The zero-order valence-corrected chi connectivity index (χ0v) is 17.1. The average molecular weight is 395 g/mol. The summed E-state index contributed by atoms with van der Waals surface area (Å²) in [6, 6.07) is 6.48. The van der Waals surface area contributed by atoms with Crippen molar-refractivity contribution in [2.75, 3.05) is 26.2 Å². The van der Waals surface area contributed by atoms with Gasteiger partial charge in [-0.3, -0.25) is 4.79 Å². The molecule has 1 amide bonds. The number of sulfonamides is 1. The van der Waals surface area contributed by atoms with E-state index < -0.39 is 10.0 Å². The fourth-order valence-corrected chi connectivity index (χ4v) is 5.54. The molecule has 0 spiro atoms. The predicted octanol–water partition coefficient (Wildman–Crippen LogP) is 2.89. The van der Waals surface area contributed by atoms with Crippen LogP contribution in [0.25, 0.3) is 0 Å². The molecule has 2 aliphatic rings. The molecular formula is C20H30N2O4S. The quantitative estimate of drug-likeness (QED) is 0.791. The third kappa shape index (κ3) is 4.89. The van der Waals surface area contributed by atoms with Crippen molar-refractivity contribution < 1.29 is 17.9 Å². The number of carbonyl (C=O) groups is 1. The van der Waals surface area contributed by atoms with Gasteiger partial charge in [0, 0.05) is 31.7 Å². The highest BCUT2D eigenvalue weighted by Crippen LogP contribution is 2.23. The van der Waals surface area contributed by atoms with Crippen molar-refractivity contribution in [1.29, 1.82) is 0 Å². The van der Waals surface area contributed by atoms with Crippen LogP contribution in [0, 0.1) is 0 Å². The van der Waals surface area contributed by atoms with Crippen LogP contribution in [0.5, 0.6) is 0 Å². The number of morpholine rings is 1. The van der Waals surface area contributed by atoms with Crippen LogP contribution in [0.2, 0.25) is 0 Å². The van der Waals surface area contributed by atoms with Gasteiger partial charge in [-0.2, -0.15) is 4.31 Å². The number of hydrogen-bond donors (Lipinski definition) is 0. The molecule has 0 aromatic heterocycles. The molecule has 2 atom stereocenters. The summed E-state index contributed by atoms with van der Waals surface area (Å²) >= 11 is 0. The molecule has 0 radical (unpaired) electrons. The molecule has 7 heteroatoms. The normalized spacial score (nSPS) is 25.6. The van der Waals surface area contributed by atoms with Crippen molar-refractivity contribution in [3.05, 3.63) is 29.8 Å². The van der Waals surface area contributed by atoms with E-state index in [4.69, 9.17) is 4.74 Å². The summed E-state index contributed by atoms with van der Waals surface area (Å²) in [7, 11) is -3.65. The summed E-state index contributed by atoms with van der Waals surface area (Å²) in [6.07, 6.45) is 5.24. The van der Waals surface area contributed by atoms with E-state index in [2.05, 4.69) is 0 Å². The van der Waals surface area contributed by atoms with Crippen molar-refractivity contribution >= 4 is 15.9 Å². The Bertz CT molecular complexity index is 747. The SMILES string of the molecule is CC1CN(S(=O)(=O)c2cccc(C(=O)N3CCCCCCC3)c2)CC(C)O1. The second kappa shape index (κ2) is 8.71. The van der Waals surface area contributed by atoms with Crippen molar-refractivity contribution in [1.82, 2.24) is 9.21 Å². The van der Waals surface area contributed by atoms with Crippen LogP contribution in [0.1, 0.15) is 56.3 Å². The molecule has 2 aliphatic heterocycles. The first-order chi connectivity index (χ1) is 12.9. The maximum Gasteiger partial charge on any atom is 0.253 e. The van der Waals surface area contributed by atoms with Gasteiger partial charge in [-0.25, -0.2) is 8.42 Å². The van der Waals surface area contributed by atoms with E-state index in [-0.39, 0.29) is 23.0 Å². The second-order valence-corrected chi connectivity index (χ2v) is 9.61. The van der Waals surface area contributed by atoms with Crippen molar-refractivity contribution in [3.63, 3.8) is 0 Å². The molecule has 150 valence electrons. The van der Waals surface area contributed by atoms with Crippen LogP contribution in [-0.2, 0) is 14.8 Å². The Kier molecular flexibility index (Phi) is 6.55. The highest BCUT2D eigenvalue weighted by molar-refractivity contribution is 7.89. The number of likely N-dealkylation sites (tertiary alicyclic amines) is 1. The molecule has 6 nitrogen and oxygen atoms in total. The minimum atomic E-state index is -3.65. The first kappa shape index (κ1) is 20.3. The number of carbonyl (C=O) groups excluding carboxylic acids is 1. The van der Waals surface area contributed by atoms with Crippen LogP contribution in [0.4, 0.5) is 0 Å². The van der Waals surface area contributed by atoms with E-state index >= 15 is 0 Å². The largest absolute Gasteiger partial charge is 0.373 e. The average Bonchev–Trinajstić information content (AvgIpc) is 2.60. The molecule has 3 rings (SSSR count). The number of amides is 1. The van der Waals surface area contributed by atoms with Crippen molar-refractivity contribution in [2.24, 2.45) is 0 Å². The molecule has 1 aromatic carbocycles. The molecule has 2 fully saturated rings. The zero-order chi connectivity index (χ0) is 19.4. The predicted molar refractivity (Wildman–Crippen MR) is 104 cm³/mol. The number of hydrogen-bond acceptors (Lipinski definition) is 4. The summed E-state index contributed by atoms with van der Waals surface area (Å²) in [4.78, 5) is 15.0. The van der Waals surface area contributed by atoms with Gasteiger partial charge >= 0.3 is 0 Å². The molecule has 0 saturated carbocycles. The lowest BCUT2D eigenvalue weighted by Crippen LogP contribution is -2.48. The standard InChI is InChI=1S/C20H30N2O4S/c1-16-14-22(15-17(2)26-16)27(24,25)19-10-8-9-18(13-19)20(23)21-11-6-4-3-5-7-12-21/h8-10,13,16-17H,3-7,11-12,14-15H2,1-2H3. The van der Waals surface area contributed by atoms with Gasteiger partial charge in [0.15, 0.2) is 0 Å². The highest BCUT2D eigenvalue weighted by Gasteiger charge is 2.32. The summed E-state index contributed by atoms with van der Waals surface area (Å²) in [5.41, 5.74) is 0.450. The summed E-state index contributed by atoms with van der Waals surface area (Å²) < 4.78 is 33.3. The Hall–Kier alpha value is -1.44. The Labute approximate surface area is 162 Å². The van der Waals surface area contributed by atoms with E-state index in [1.54, 1.807) is 18.2 Å². The van der Waals surface area contributed by atoms with Gasteiger partial charge in [0.1, 0.15) is 0 Å². The van der Waals surface area contributed by atoms with Crippen LogP contribution in [0.3, 0.4) is 0 Å². The molecule has 0 N–H and O–H groups in total. The highest BCUT2D eigenvalue weighted by atomic mass is 32.2. The van der Waals surface area contributed by atoms with Crippen LogP contribution >= 0.6 is 0 Å². The number of ether oxygens (including phenoxy) is 1. The molecule has 2 unspecified atom stereocenters. The Balaban J connectivity index is 1.80. The maximum absolute atomic E-state index is 13.1. The number of nitrogens with zero attached hydrogens (tertiary/aromatic N) is 2. The minimum absolute atomic E-state index is 0.0716. The Morgan fingerprint density at radius 2 is 1.59 bits per heavy atom. The summed E-state index contributed by atoms with van der Waals surface area (Å²) in [5.74, 6) is -0.0716. The fourth-order valence-electron chi connectivity index (χ4n) is 3.90. The smallest absolute Gasteiger partial charge is 0.253 e.